The molecule has 98 valence electrons. The monoisotopic (exact) mass is 242 g/mol. The van der Waals surface area contributed by atoms with E-state index in [4.69, 9.17) is 10.2 Å². The molecule has 1 rings (SSSR count). The van der Waals surface area contributed by atoms with Crippen LogP contribution in [0.3, 0.4) is 0 Å². The van der Waals surface area contributed by atoms with Crippen LogP contribution in [0.2, 0.25) is 0 Å². The van der Waals surface area contributed by atoms with Crippen LogP contribution in [-0.2, 0) is 9.59 Å². The number of hydrogen-bond acceptors (Lipinski definition) is 2. The van der Waals surface area contributed by atoms with Gasteiger partial charge in [0.1, 0.15) is 0 Å². The van der Waals surface area contributed by atoms with E-state index in [2.05, 4.69) is 6.92 Å². The third kappa shape index (κ3) is 3.72. The minimum atomic E-state index is -0.951. The van der Waals surface area contributed by atoms with E-state index >= 15 is 0 Å². The maximum atomic E-state index is 11.2. The summed E-state index contributed by atoms with van der Waals surface area (Å²) in [7, 11) is 0. The molecule has 4 nitrogen and oxygen atoms in total. The quantitative estimate of drug-likeness (QED) is 0.673. The van der Waals surface area contributed by atoms with Gasteiger partial charge in [-0.1, -0.05) is 32.6 Å². The molecule has 0 spiro atoms. The lowest BCUT2D eigenvalue weighted by Crippen LogP contribution is -2.29. The average Bonchev–Trinajstić information content (AvgIpc) is 2.68. The molecule has 1 saturated carbocycles. The van der Waals surface area contributed by atoms with Crippen molar-refractivity contribution < 1.29 is 19.8 Å². The minimum absolute atomic E-state index is 0.0606. The number of carbonyl (C=O) groups is 2. The van der Waals surface area contributed by atoms with E-state index < -0.39 is 23.8 Å². The van der Waals surface area contributed by atoms with Gasteiger partial charge < -0.3 is 10.2 Å². The van der Waals surface area contributed by atoms with Crippen LogP contribution < -0.4 is 0 Å². The van der Waals surface area contributed by atoms with Crippen LogP contribution in [0.1, 0.15) is 51.9 Å². The predicted molar refractivity (Wildman–Crippen MR) is 63.7 cm³/mol. The van der Waals surface area contributed by atoms with Crippen LogP contribution in [0.15, 0.2) is 0 Å². The van der Waals surface area contributed by atoms with Crippen LogP contribution in [0.4, 0.5) is 0 Å². The first-order chi connectivity index (χ1) is 8.07. The number of carboxylic acids is 2. The zero-order chi connectivity index (χ0) is 12.8. The molecule has 0 aromatic carbocycles. The van der Waals surface area contributed by atoms with Crippen LogP contribution in [0.25, 0.3) is 0 Å². The molecule has 3 unspecified atom stereocenters. The van der Waals surface area contributed by atoms with Gasteiger partial charge in [0.05, 0.1) is 11.8 Å². The summed E-state index contributed by atoms with van der Waals surface area (Å²) in [4.78, 5) is 22.1. The molecule has 1 aliphatic rings. The number of carboxylic acid groups (broad SMARTS) is 2. The first kappa shape index (κ1) is 14.0. The van der Waals surface area contributed by atoms with E-state index in [1.807, 2.05) is 0 Å². The van der Waals surface area contributed by atoms with Gasteiger partial charge in [-0.25, -0.2) is 0 Å². The van der Waals surface area contributed by atoms with E-state index in [0.717, 1.165) is 32.1 Å². The highest BCUT2D eigenvalue weighted by molar-refractivity contribution is 5.80. The van der Waals surface area contributed by atoms with Crippen molar-refractivity contribution in [2.24, 2.45) is 17.8 Å². The first-order valence-corrected chi connectivity index (χ1v) is 6.53. The van der Waals surface area contributed by atoms with E-state index in [9.17, 15) is 9.59 Å². The van der Waals surface area contributed by atoms with Gasteiger partial charge in [0.15, 0.2) is 0 Å². The second-order valence-electron chi connectivity index (χ2n) is 5.00. The van der Waals surface area contributed by atoms with Gasteiger partial charge in [0, 0.05) is 0 Å². The standard InChI is InChI=1S/C13H22O4/c1-2-3-4-5-6-9-7-8-10(12(14)15)11(9)13(16)17/h9-11H,2-8H2,1H3,(H,14,15)(H,16,17). The van der Waals surface area contributed by atoms with Gasteiger partial charge in [-0.05, 0) is 25.2 Å². The van der Waals surface area contributed by atoms with Gasteiger partial charge in [-0.3, -0.25) is 9.59 Å². The smallest absolute Gasteiger partial charge is 0.307 e. The van der Waals surface area contributed by atoms with Gasteiger partial charge in [-0.15, -0.1) is 0 Å². The summed E-state index contributed by atoms with van der Waals surface area (Å²) >= 11 is 0. The Morgan fingerprint density at radius 1 is 1.06 bits per heavy atom. The van der Waals surface area contributed by atoms with Crippen molar-refractivity contribution in [3.05, 3.63) is 0 Å². The zero-order valence-corrected chi connectivity index (χ0v) is 10.4. The lowest BCUT2D eigenvalue weighted by molar-refractivity contribution is -0.153. The molecule has 0 aromatic heterocycles. The molecule has 0 amide bonds. The summed E-state index contributed by atoms with van der Waals surface area (Å²) in [5.74, 6) is -3.17. The van der Waals surface area contributed by atoms with Crippen molar-refractivity contribution in [2.45, 2.75) is 51.9 Å². The fraction of sp³-hybridized carbons (Fsp3) is 0.846. The molecule has 0 bridgehead atoms. The fourth-order valence-corrected chi connectivity index (χ4v) is 2.89. The van der Waals surface area contributed by atoms with Crippen LogP contribution in [0.5, 0.6) is 0 Å². The van der Waals surface area contributed by atoms with Crippen molar-refractivity contribution in [3.63, 3.8) is 0 Å². The Bertz CT molecular complexity index is 275. The number of aliphatic carboxylic acids is 2. The summed E-state index contributed by atoms with van der Waals surface area (Å²) in [6.45, 7) is 2.14. The maximum absolute atomic E-state index is 11.2. The second kappa shape index (κ2) is 6.62. The van der Waals surface area contributed by atoms with Crippen LogP contribution in [0, 0.1) is 17.8 Å². The summed E-state index contributed by atoms with van der Waals surface area (Å²) in [6.07, 6.45) is 6.61. The Balaban J connectivity index is 2.49. The van der Waals surface area contributed by atoms with Gasteiger partial charge in [0.25, 0.3) is 0 Å². The molecule has 17 heavy (non-hydrogen) atoms. The number of rotatable bonds is 7. The molecule has 0 aliphatic heterocycles. The molecular formula is C13H22O4. The minimum Gasteiger partial charge on any atom is -0.481 e. The highest BCUT2D eigenvalue weighted by Gasteiger charge is 2.44. The largest absolute Gasteiger partial charge is 0.481 e. The van der Waals surface area contributed by atoms with Gasteiger partial charge in [0.2, 0.25) is 0 Å². The Kier molecular flexibility index (Phi) is 5.45. The summed E-state index contributed by atoms with van der Waals surface area (Å²) < 4.78 is 0. The summed E-state index contributed by atoms with van der Waals surface area (Å²) in [5.41, 5.74) is 0. The van der Waals surface area contributed by atoms with Gasteiger partial charge >= 0.3 is 11.9 Å². The van der Waals surface area contributed by atoms with Crippen molar-refractivity contribution in [1.82, 2.24) is 0 Å². The number of unbranched alkanes of at least 4 members (excludes halogenated alkanes) is 3. The molecule has 2 N–H and O–H groups in total. The van der Waals surface area contributed by atoms with E-state index in [1.165, 1.54) is 6.42 Å². The van der Waals surface area contributed by atoms with Crippen molar-refractivity contribution in [3.8, 4) is 0 Å². The van der Waals surface area contributed by atoms with E-state index in [-0.39, 0.29) is 5.92 Å². The SMILES string of the molecule is CCCCCCC1CCC(C(=O)O)C1C(=O)O. The molecule has 0 radical (unpaired) electrons. The topological polar surface area (TPSA) is 74.6 Å². The lowest BCUT2D eigenvalue weighted by atomic mass is 9.86. The third-order valence-electron chi connectivity index (χ3n) is 3.82. The Labute approximate surface area is 102 Å². The molecule has 0 aromatic rings. The lowest BCUT2D eigenvalue weighted by Gasteiger charge is -2.18. The van der Waals surface area contributed by atoms with Crippen molar-refractivity contribution >= 4 is 11.9 Å². The normalized spacial score (nSPS) is 28.2. The van der Waals surface area contributed by atoms with E-state index in [1.54, 1.807) is 0 Å². The third-order valence-corrected chi connectivity index (χ3v) is 3.82. The second-order valence-corrected chi connectivity index (χ2v) is 5.00. The molecule has 0 saturated heterocycles. The average molecular weight is 242 g/mol. The fourth-order valence-electron chi connectivity index (χ4n) is 2.89. The zero-order valence-electron chi connectivity index (χ0n) is 10.4. The Morgan fingerprint density at radius 2 is 1.76 bits per heavy atom. The molecule has 4 heteroatoms. The van der Waals surface area contributed by atoms with Crippen LogP contribution in [-0.4, -0.2) is 22.2 Å². The van der Waals surface area contributed by atoms with E-state index in [0.29, 0.717) is 6.42 Å². The summed E-state index contributed by atoms with van der Waals surface area (Å²) in [5, 5.41) is 18.1. The van der Waals surface area contributed by atoms with Gasteiger partial charge in [-0.2, -0.15) is 0 Å². The molecule has 1 fully saturated rings. The summed E-state index contributed by atoms with van der Waals surface area (Å²) in [6, 6.07) is 0. The molecule has 3 atom stereocenters. The van der Waals surface area contributed by atoms with Crippen LogP contribution >= 0.6 is 0 Å². The number of hydrogen-bond donors (Lipinski definition) is 2. The first-order valence-electron chi connectivity index (χ1n) is 6.53. The predicted octanol–water partition coefficient (Wildman–Crippen LogP) is 2.77. The maximum Gasteiger partial charge on any atom is 0.307 e. The molecule has 1 aliphatic carbocycles. The van der Waals surface area contributed by atoms with Crippen molar-refractivity contribution in [2.75, 3.05) is 0 Å². The highest BCUT2D eigenvalue weighted by Crippen LogP contribution is 2.40. The van der Waals surface area contributed by atoms with Crippen molar-refractivity contribution in [1.29, 1.82) is 0 Å². The Morgan fingerprint density at radius 3 is 2.29 bits per heavy atom. The Hall–Kier alpha value is -1.06. The molecule has 0 heterocycles. The highest BCUT2D eigenvalue weighted by atomic mass is 16.4. The molecular weight excluding hydrogens is 220 g/mol.